The molecule has 0 amide bonds. The molecule has 0 fully saturated rings. The van der Waals surface area contributed by atoms with Gasteiger partial charge in [-0.25, -0.2) is 0 Å². The Morgan fingerprint density at radius 3 is 1.23 bits per heavy atom. The first kappa shape index (κ1) is 46.1. The predicted octanol–water partition coefficient (Wildman–Crippen LogP) is 7.97. The number of hydrogen-bond acceptors (Lipinski definition) is 6. The first-order chi connectivity index (χ1) is 39.7. The summed E-state index contributed by atoms with van der Waals surface area (Å²) in [4.78, 5) is 10.6. The molecule has 0 bridgehead atoms. The molecule has 10 heteroatoms. The first-order valence-electron chi connectivity index (χ1n) is 27.3. The third-order valence-electron chi connectivity index (χ3n) is 16.5. The SMILES string of the molecule is c1ccc(B2c3ccccc3Oc3c2ncc2c3B(c3cccc(-c4ccccc4-c4cccc(-c5ccccc5)c4B4c5ccccc5Oc5c4ncc4c5B(c5ccccc5)c5ccccc5O4)c3)c3ccccc3O2)cc1. The molecule has 0 saturated carbocycles. The highest BCUT2D eigenvalue weighted by molar-refractivity contribution is 7.01. The predicted molar refractivity (Wildman–Crippen MR) is 329 cm³/mol. The number of pyridine rings is 2. The van der Waals surface area contributed by atoms with Gasteiger partial charge in [-0.2, -0.15) is 0 Å². The quantitative estimate of drug-likeness (QED) is 0.151. The van der Waals surface area contributed by atoms with Crippen molar-refractivity contribution in [3.8, 4) is 79.4 Å². The lowest BCUT2D eigenvalue weighted by Crippen LogP contribution is -2.62. The number of hydrogen-bond donors (Lipinski definition) is 0. The zero-order chi connectivity index (χ0) is 52.7. The van der Waals surface area contributed by atoms with Gasteiger partial charge < -0.3 is 18.9 Å². The van der Waals surface area contributed by atoms with Gasteiger partial charge >= 0.3 is 0 Å². The maximum absolute atomic E-state index is 7.22. The number of fused-ring (bicyclic) bond motifs is 10. The third kappa shape index (κ3) is 7.40. The van der Waals surface area contributed by atoms with Crippen LogP contribution >= 0.6 is 0 Å². The average molecular weight is 1020 g/mol. The highest BCUT2D eigenvalue weighted by Gasteiger charge is 2.45. The Morgan fingerprint density at radius 1 is 0.250 bits per heavy atom. The number of ether oxygens (including phenoxy) is 4. The van der Waals surface area contributed by atoms with Crippen LogP contribution in [0.5, 0.6) is 46.0 Å². The van der Waals surface area contributed by atoms with Crippen molar-refractivity contribution < 1.29 is 18.9 Å². The van der Waals surface area contributed by atoms with Crippen LogP contribution in [0.2, 0.25) is 0 Å². The van der Waals surface area contributed by atoms with E-state index >= 15 is 0 Å². The first-order valence-corrected chi connectivity index (χ1v) is 27.3. The molecule has 10 aromatic carbocycles. The van der Waals surface area contributed by atoms with Crippen LogP contribution in [0.1, 0.15) is 0 Å². The van der Waals surface area contributed by atoms with Gasteiger partial charge in [0.15, 0.2) is 0 Å². The van der Waals surface area contributed by atoms with Crippen molar-refractivity contribution in [1.82, 2.24) is 9.97 Å². The Kier molecular flexibility index (Phi) is 10.9. The maximum atomic E-state index is 7.22. The molecule has 370 valence electrons. The van der Waals surface area contributed by atoms with Crippen molar-refractivity contribution in [3.05, 3.63) is 267 Å². The second kappa shape index (κ2) is 18.9. The van der Waals surface area contributed by atoms with E-state index in [0.717, 1.165) is 134 Å². The molecule has 2 aromatic heterocycles. The second-order valence-corrected chi connectivity index (χ2v) is 20.9. The molecule has 4 aliphatic rings. The number of aromatic nitrogens is 2. The Bertz CT molecular complexity index is 4430. The molecule has 6 heterocycles. The molecule has 0 atom stereocenters. The fraction of sp³-hybridized carbons (Fsp3) is 0. The highest BCUT2D eigenvalue weighted by atomic mass is 16.5. The summed E-state index contributed by atoms with van der Waals surface area (Å²) in [6.45, 7) is -0.899. The van der Waals surface area contributed by atoms with Gasteiger partial charge in [-0.3, -0.25) is 9.97 Å². The van der Waals surface area contributed by atoms with Crippen molar-refractivity contribution in [2.75, 3.05) is 0 Å². The van der Waals surface area contributed by atoms with E-state index in [0.29, 0.717) is 11.5 Å². The zero-order valence-corrected chi connectivity index (χ0v) is 43.2. The van der Waals surface area contributed by atoms with Gasteiger partial charge in [-0.05, 0) is 79.5 Å². The smallest absolute Gasteiger partial charge is 0.275 e. The van der Waals surface area contributed by atoms with E-state index in [1.54, 1.807) is 0 Å². The van der Waals surface area contributed by atoms with Crippen molar-refractivity contribution in [2.24, 2.45) is 0 Å². The van der Waals surface area contributed by atoms with Crippen LogP contribution in [0, 0.1) is 0 Å². The third-order valence-corrected chi connectivity index (χ3v) is 16.5. The van der Waals surface area contributed by atoms with Crippen molar-refractivity contribution >= 4 is 92.7 Å². The monoisotopic (exact) mass is 1020 g/mol. The van der Waals surface area contributed by atoms with Crippen LogP contribution in [0.3, 0.4) is 0 Å². The van der Waals surface area contributed by atoms with E-state index in [4.69, 9.17) is 28.9 Å². The molecule has 0 N–H and O–H groups in total. The zero-order valence-electron chi connectivity index (χ0n) is 43.2. The van der Waals surface area contributed by atoms with Crippen LogP contribution in [0.25, 0.3) is 33.4 Å². The molecule has 12 aromatic rings. The second-order valence-electron chi connectivity index (χ2n) is 20.9. The van der Waals surface area contributed by atoms with Crippen LogP contribution in [0.4, 0.5) is 0 Å². The summed E-state index contributed by atoms with van der Waals surface area (Å²) in [6, 6.07) is 90.2. The molecule has 0 radical (unpaired) electrons. The molecule has 0 aliphatic carbocycles. The van der Waals surface area contributed by atoms with Gasteiger partial charge in [-0.15, -0.1) is 0 Å². The summed E-state index contributed by atoms with van der Waals surface area (Å²) < 4.78 is 27.8. The Morgan fingerprint density at radius 2 is 0.637 bits per heavy atom. The lowest BCUT2D eigenvalue weighted by atomic mass is 9.32. The van der Waals surface area contributed by atoms with E-state index in [-0.39, 0.29) is 26.9 Å². The van der Waals surface area contributed by atoms with E-state index in [2.05, 4.69) is 231 Å². The molecule has 0 spiro atoms. The number of benzene rings is 10. The van der Waals surface area contributed by atoms with Crippen LogP contribution in [0.15, 0.2) is 267 Å². The summed E-state index contributed by atoms with van der Waals surface area (Å²) in [5.74, 6) is 6.06. The largest absolute Gasteiger partial charge is 0.457 e. The minimum atomic E-state index is -0.348. The highest BCUT2D eigenvalue weighted by Crippen LogP contribution is 2.38. The normalized spacial score (nSPS) is 13.1. The van der Waals surface area contributed by atoms with Gasteiger partial charge in [0, 0.05) is 10.9 Å². The lowest BCUT2D eigenvalue weighted by molar-refractivity contribution is 0.465. The minimum absolute atomic E-state index is 0.135. The summed E-state index contributed by atoms with van der Waals surface area (Å²) >= 11 is 0. The summed E-state index contributed by atoms with van der Waals surface area (Å²) in [7, 11) is 0. The van der Waals surface area contributed by atoms with E-state index in [9.17, 15) is 0 Å². The molecule has 16 rings (SSSR count). The lowest BCUT2D eigenvalue weighted by Gasteiger charge is -2.34. The fourth-order valence-corrected chi connectivity index (χ4v) is 13.1. The molecule has 4 aliphatic heterocycles. The molecule has 80 heavy (non-hydrogen) atoms. The molecular weight excluding hydrogens is 976 g/mol. The summed E-state index contributed by atoms with van der Waals surface area (Å²) in [5.41, 5.74) is 19.0. The van der Waals surface area contributed by atoms with Crippen LogP contribution < -0.4 is 84.8 Å². The van der Waals surface area contributed by atoms with Crippen molar-refractivity contribution in [1.29, 1.82) is 0 Å². The topological polar surface area (TPSA) is 62.7 Å². The minimum Gasteiger partial charge on any atom is -0.457 e. The number of rotatable bonds is 7. The Balaban J connectivity index is 0.891. The molecule has 0 saturated heterocycles. The molecular formula is C70H44B4N2O4. The fourth-order valence-electron chi connectivity index (χ4n) is 13.1. The van der Waals surface area contributed by atoms with Gasteiger partial charge in [0.05, 0.1) is 23.6 Å². The van der Waals surface area contributed by atoms with Crippen molar-refractivity contribution in [2.45, 2.75) is 0 Å². The van der Waals surface area contributed by atoms with E-state index < -0.39 is 0 Å². The van der Waals surface area contributed by atoms with E-state index in [1.165, 1.54) is 0 Å². The van der Waals surface area contributed by atoms with Crippen LogP contribution in [-0.2, 0) is 0 Å². The van der Waals surface area contributed by atoms with Gasteiger partial charge in [0.25, 0.3) is 26.9 Å². The summed E-state index contributed by atoms with van der Waals surface area (Å²) in [6.07, 6.45) is 3.82. The Labute approximate surface area is 465 Å². The van der Waals surface area contributed by atoms with Gasteiger partial charge in [0.2, 0.25) is 0 Å². The Hall–Kier alpha value is -10.0. The number of nitrogens with zero attached hydrogens (tertiary/aromatic N) is 2. The standard InChI is InChI=1S/C70H44B4N2O4/c1-4-22-45(23-5-1)51-32-21-33-53(64(51)74-57-37-15-19-41-61(57)80-68-65-62(44-76-70(68)74)77-58-38-16-12-34-54(58)71(65)47-25-6-2-7-26-47)52-31-11-10-30-50(52)46-24-20-29-49(42-46)72-55-35-13-17-39-59(55)78-63-43-75-69-67(66(63)72)79-60-40-18-14-36-56(60)73(69)48-27-8-3-9-28-48/h1-44H. The van der Waals surface area contributed by atoms with Gasteiger partial charge in [0.1, 0.15) is 46.0 Å². The van der Waals surface area contributed by atoms with Gasteiger partial charge in [-0.1, -0.05) is 252 Å². The number of para-hydroxylation sites is 4. The van der Waals surface area contributed by atoms with Crippen LogP contribution in [-0.4, -0.2) is 36.8 Å². The molecule has 0 unspecified atom stereocenters. The molecule has 6 nitrogen and oxygen atoms in total. The van der Waals surface area contributed by atoms with Crippen molar-refractivity contribution in [3.63, 3.8) is 0 Å². The summed E-state index contributed by atoms with van der Waals surface area (Å²) in [5, 5.41) is 0. The average Bonchev–Trinajstić information content (AvgIpc) is 3.69. The maximum Gasteiger partial charge on any atom is 0.275 e. The van der Waals surface area contributed by atoms with E-state index in [1.807, 2.05) is 36.7 Å².